The van der Waals surface area contributed by atoms with Crippen LogP contribution in [0.3, 0.4) is 0 Å². The highest BCUT2D eigenvalue weighted by Crippen LogP contribution is 2.31. The van der Waals surface area contributed by atoms with Gasteiger partial charge in [0.05, 0.1) is 7.11 Å². The Morgan fingerprint density at radius 1 is 1.32 bits per heavy atom. The Labute approximate surface area is 130 Å². The molecular formula is C17H23FN2O2. The predicted octanol–water partition coefficient (Wildman–Crippen LogP) is 3.02. The average Bonchev–Trinajstić information content (AvgIpc) is 2.55. The molecule has 0 spiro atoms. The van der Waals surface area contributed by atoms with Crippen molar-refractivity contribution >= 4 is 6.09 Å². The molecule has 3 rings (SSSR count). The molecule has 0 saturated carbocycles. The van der Waals surface area contributed by atoms with Crippen LogP contribution in [0.4, 0.5) is 9.18 Å². The van der Waals surface area contributed by atoms with E-state index < -0.39 is 0 Å². The monoisotopic (exact) mass is 306 g/mol. The lowest BCUT2D eigenvalue weighted by Gasteiger charge is -2.35. The summed E-state index contributed by atoms with van der Waals surface area (Å²) in [6.45, 7) is 1.43. The number of nitrogens with one attached hydrogen (secondary N) is 1. The molecule has 1 saturated heterocycles. The quantitative estimate of drug-likeness (QED) is 0.913. The summed E-state index contributed by atoms with van der Waals surface area (Å²) in [5.41, 5.74) is 2.37. The van der Waals surface area contributed by atoms with Crippen LogP contribution >= 0.6 is 0 Å². The molecule has 1 aromatic carbocycles. The molecule has 0 radical (unpaired) electrons. The SMILES string of the molecule is COC(=O)N1CCC(NC2CCCc3ccc(F)cc32)CC1. The molecule has 0 bridgehead atoms. The Kier molecular flexibility index (Phi) is 4.62. The number of aryl methyl sites for hydroxylation is 1. The van der Waals surface area contributed by atoms with Crippen molar-refractivity contribution in [2.45, 2.75) is 44.2 Å². The minimum absolute atomic E-state index is 0.159. The van der Waals surface area contributed by atoms with Gasteiger partial charge in [-0.1, -0.05) is 6.07 Å². The molecule has 1 N–H and O–H groups in total. The smallest absolute Gasteiger partial charge is 0.409 e. The summed E-state index contributed by atoms with van der Waals surface area (Å²) in [5, 5.41) is 3.67. The van der Waals surface area contributed by atoms with Crippen LogP contribution in [-0.4, -0.2) is 37.2 Å². The Balaban J connectivity index is 1.61. The maximum Gasteiger partial charge on any atom is 0.409 e. The first-order valence-corrected chi connectivity index (χ1v) is 8.04. The van der Waals surface area contributed by atoms with E-state index in [1.54, 1.807) is 17.0 Å². The average molecular weight is 306 g/mol. The second-order valence-electron chi connectivity index (χ2n) is 6.19. The molecule has 1 unspecified atom stereocenters. The fourth-order valence-corrected chi connectivity index (χ4v) is 3.59. The topological polar surface area (TPSA) is 41.6 Å². The lowest BCUT2D eigenvalue weighted by molar-refractivity contribution is 0.108. The van der Waals surface area contributed by atoms with Gasteiger partial charge in [-0.2, -0.15) is 0 Å². The molecule has 4 nitrogen and oxygen atoms in total. The lowest BCUT2D eigenvalue weighted by atomic mass is 9.86. The van der Waals surface area contributed by atoms with Gasteiger partial charge in [-0.25, -0.2) is 9.18 Å². The van der Waals surface area contributed by atoms with E-state index >= 15 is 0 Å². The van der Waals surface area contributed by atoms with Gasteiger partial charge in [-0.05, 0) is 55.4 Å². The zero-order valence-corrected chi connectivity index (χ0v) is 13.0. The van der Waals surface area contributed by atoms with Gasteiger partial charge in [0.2, 0.25) is 0 Å². The molecule has 1 aliphatic heterocycles. The number of nitrogens with zero attached hydrogens (tertiary/aromatic N) is 1. The summed E-state index contributed by atoms with van der Waals surface area (Å²) in [6, 6.07) is 5.75. The summed E-state index contributed by atoms with van der Waals surface area (Å²) in [5.74, 6) is -0.159. The largest absolute Gasteiger partial charge is 0.453 e. The van der Waals surface area contributed by atoms with Gasteiger partial charge in [-0.3, -0.25) is 0 Å². The number of hydrogen-bond acceptors (Lipinski definition) is 3. The number of fused-ring (bicyclic) bond motifs is 1. The van der Waals surface area contributed by atoms with Gasteiger partial charge in [0.1, 0.15) is 5.82 Å². The van der Waals surface area contributed by atoms with E-state index in [0.29, 0.717) is 19.1 Å². The molecule has 22 heavy (non-hydrogen) atoms. The zero-order valence-electron chi connectivity index (χ0n) is 13.0. The summed E-state index contributed by atoms with van der Waals surface area (Å²) in [7, 11) is 1.42. The van der Waals surface area contributed by atoms with Crippen LogP contribution in [-0.2, 0) is 11.2 Å². The molecule has 2 aliphatic rings. The second kappa shape index (κ2) is 6.65. The van der Waals surface area contributed by atoms with Crippen LogP contribution in [0.25, 0.3) is 0 Å². The van der Waals surface area contributed by atoms with Crippen molar-refractivity contribution in [1.82, 2.24) is 10.2 Å². The van der Waals surface area contributed by atoms with Gasteiger partial charge in [-0.15, -0.1) is 0 Å². The Bertz CT molecular complexity index is 541. The molecule has 1 atom stereocenters. The molecule has 1 fully saturated rings. The lowest BCUT2D eigenvalue weighted by Crippen LogP contribution is -2.46. The summed E-state index contributed by atoms with van der Waals surface area (Å²) < 4.78 is 18.3. The number of likely N-dealkylation sites (tertiary alicyclic amines) is 1. The summed E-state index contributed by atoms with van der Waals surface area (Å²) in [4.78, 5) is 13.2. The molecule has 1 amide bonds. The second-order valence-corrected chi connectivity index (χ2v) is 6.19. The zero-order chi connectivity index (χ0) is 15.5. The minimum Gasteiger partial charge on any atom is -0.453 e. The molecule has 1 heterocycles. The van der Waals surface area contributed by atoms with Crippen molar-refractivity contribution in [3.05, 3.63) is 35.1 Å². The van der Waals surface area contributed by atoms with Crippen LogP contribution in [0.5, 0.6) is 0 Å². The number of piperidine rings is 1. The van der Waals surface area contributed by atoms with Gasteiger partial charge >= 0.3 is 6.09 Å². The first kappa shape index (κ1) is 15.3. The Hall–Kier alpha value is -1.62. The standard InChI is InChI=1S/C17H23FN2O2/c1-22-17(21)20-9-7-14(8-10-20)19-16-4-2-3-12-5-6-13(18)11-15(12)16/h5-6,11,14,16,19H,2-4,7-10H2,1H3. The van der Waals surface area contributed by atoms with Crippen LogP contribution < -0.4 is 5.32 Å². The van der Waals surface area contributed by atoms with Crippen molar-refractivity contribution in [2.75, 3.05) is 20.2 Å². The molecule has 120 valence electrons. The number of ether oxygens (including phenoxy) is 1. The van der Waals surface area contributed by atoms with Crippen molar-refractivity contribution in [1.29, 1.82) is 0 Å². The highest BCUT2D eigenvalue weighted by atomic mass is 19.1. The number of halogens is 1. The molecule has 0 aromatic heterocycles. The Morgan fingerprint density at radius 2 is 2.09 bits per heavy atom. The number of hydrogen-bond donors (Lipinski definition) is 1. The van der Waals surface area contributed by atoms with Crippen molar-refractivity contribution in [2.24, 2.45) is 0 Å². The fraction of sp³-hybridized carbons (Fsp3) is 0.588. The van der Waals surface area contributed by atoms with E-state index in [4.69, 9.17) is 4.74 Å². The third-order valence-corrected chi connectivity index (χ3v) is 4.79. The van der Waals surface area contributed by atoms with E-state index in [-0.39, 0.29) is 18.0 Å². The number of amides is 1. The number of rotatable bonds is 2. The maximum atomic E-state index is 13.5. The maximum absolute atomic E-state index is 13.5. The molecule has 1 aromatic rings. The summed E-state index contributed by atoms with van der Waals surface area (Å²) >= 11 is 0. The summed E-state index contributed by atoms with van der Waals surface area (Å²) in [6.07, 6.45) is 4.80. The van der Waals surface area contributed by atoms with Crippen molar-refractivity contribution < 1.29 is 13.9 Å². The third kappa shape index (κ3) is 3.24. The Morgan fingerprint density at radius 3 is 2.82 bits per heavy atom. The first-order chi connectivity index (χ1) is 10.7. The van der Waals surface area contributed by atoms with E-state index in [1.807, 2.05) is 6.07 Å². The van der Waals surface area contributed by atoms with Gasteiger partial charge in [0, 0.05) is 25.2 Å². The molecular weight excluding hydrogens is 283 g/mol. The van der Waals surface area contributed by atoms with Gasteiger partial charge < -0.3 is 15.0 Å². The van der Waals surface area contributed by atoms with Gasteiger partial charge in [0.15, 0.2) is 0 Å². The van der Waals surface area contributed by atoms with Crippen LogP contribution in [0, 0.1) is 5.82 Å². The minimum atomic E-state index is -0.247. The van der Waals surface area contributed by atoms with Crippen LogP contribution in [0.15, 0.2) is 18.2 Å². The normalized spacial score (nSPS) is 22.3. The van der Waals surface area contributed by atoms with Crippen molar-refractivity contribution in [3.8, 4) is 0 Å². The first-order valence-electron chi connectivity index (χ1n) is 8.04. The van der Waals surface area contributed by atoms with E-state index in [2.05, 4.69) is 5.32 Å². The number of benzene rings is 1. The van der Waals surface area contributed by atoms with Crippen molar-refractivity contribution in [3.63, 3.8) is 0 Å². The fourth-order valence-electron chi connectivity index (χ4n) is 3.59. The van der Waals surface area contributed by atoms with Crippen LogP contribution in [0.1, 0.15) is 42.9 Å². The van der Waals surface area contributed by atoms with E-state index in [1.165, 1.54) is 12.7 Å². The number of carbonyl (C=O) groups excluding carboxylic acids is 1. The molecule has 1 aliphatic carbocycles. The van der Waals surface area contributed by atoms with E-state index in [9.17, 15) is 9.18 Å². The van der Waals surface area contributed by atoms with Gasteiger partial charge in [0.25, 0.3) is 0 Å². The number of carbonyl (C=O) groups is 1. The van der Waals surface area contributed by atoms with E-state index in [0.717, 1.165) is 37.7 Å². The molecule has 5 heteroatoms. The van der Waals surface area contributed by atoms with Crippen LogP contribution in [0.2, 0.25) is 0 Å². The highest BCUT2D eigenvalue weighted by molar-refractivity contribution is 5.67. The third-order valence-electron chi connectivity index (χ3n) is 4.79. The number of methoxy groups -OCH3 is 1. The predicted molar refractivity (Wildman–Crippen MR) is 82.2 cm³/mol. The highest BCUT2D eigenvalue weighted by Gasteiger charge is 2.27.